The van der Waals surface area contributed by atoms with E-state index in [-0.39, 0.29) is 16.5 Å². The summed E-state index contributed by atoms with van der Waals surface area (Å²) in [5, 5.41) is -0.621. The molecule has 0 fully saturated rings. The number of methoxy groups -OCH3 is 1. The second-order valence-electron chi connectivity index (χ2n) is 3.14. The largest absolute Gasteiger partial charge is 0.463 e. The van der Waals surface area contributed by atoms with E-state index in [1.54, 1.807) is 0 Å². The summed E-state index contributed by atoms with van der Waals surface area (Å²) in [6.07, 6.45) is 2.31. The van der Waals surface area contributed by atoms with Gasteiger partial charge in [0.25, 0.3) is 9.05 Å². The third-order valence-corrected chi connectivity index (χ3v) is 3.52. The molecule has 2 rings (SSSR count). The number of nitrogens with zero attached hydrogens (tertiary/aromatic N) is 3. The maximum atomic E-state index is 11.4. The fourth-order valence-corrected chi connectivity index (χ4v) is 2.23. The minimum atomic E-state index is -4.07. The maximum absolute atomic E-state index is 11.4. The van der Waals surface area contributed by atoms with Crippen LogP contribution in [0.4, 0.5) is 0 Å². The van der Waals surface area contributed by atoms with Gasteiger partial charge in [-0.15, -0.1) is 0 Å². The zero-order valence-electron chi connectivity index (χ0n) is 8.79. The van der Waals surface area contributed by atoms with Crippen LogP contribution in [0, 0.1) is 0 Å². The average Bonchev–Trinajstić information content (AvgIpc) is 2.71. The Morgan fingerprint density at radius 3 is 2.72 bits per heavy atom. The molecule has 0 N–H and O–H groups in total. The lowest BCUT2D eigenvalue weighted by molar-refractivity contribution is 0.0586. The molecule has 0 spiro atoms. The highest BCUT2D eigenvalue weighted by molar-refractivity contribution is 8.13. The molecular weight excluding hydrogens is 305 g/mol. The number of imidazole rings is 1. The fourth-order valence-electron chi connectivity index (χ4n) is 1.30. The number of hydrogen-bond donors (Lipinski definition) is 0. The van der Waals surface area contributed by atoms with Crippen LogP contribution in [0.3, 0.4) is 0 Å². The molecule has 18 heavy (non-hydrogen) atoms. The minimum absolute atomic E-state index is 0.127. The molecule has 0 aliphatic carbocycles. The Morgan fingerprint density at radius 1 is 1.50 bits per heavy atom. The summed E-state index contributed by atoms with van der Waals surface area (Å²) < 4.78 is 28.0. The lowest BCUT2D eigenvalue weighted by Gasteiger charge is -2.02. The van der Waals surface area contributed by atoms with Crippen molar-refractivity contribution < 1.29 is 17.9 Å². The molecule has 2 aromatic heterocycles. The van der Waals surface area contributed by atoms with Gasteiger partial charge in [-0.25, -0.2) is 23.2 Å². The molecule has 0 aromatic carbocycles. The number of carbonyl (C=O) groups is 1. The molecule has 0 saturated heterocycles. The predicted molar refractivity (Wildman–Crippen MR) is 62.4 cm³/mol. The Kier molecular flexibility index (Phi) is 3.18. The Balaban J connectivity index is 2.80. The van der Waals surface area contributed by atoms with Crippen LogP contribution in [-0.4, -0.2) is 35.9 Å². The number of aromatic nitrogens is 3. The third-order valence-electron chi connectivity index (χ3n) is 2.07. The molecule has 0 radical (unpaired) electrons. The summed E-state index contributed by atoms with van der Waals surface area (Å²) in [6.45, 7) is 0. The van der Waals surface area contributed by atoms with E-state index >= 15 is 0 Å². The zero-order valence-corrected chi connectivity index (χ0v) is 11.1. The Labute approximate surface area is 111 Å². The first-order chi connectivity index (χ1) is 8.34. The van der Waals surface area contributed by atoms with Gasteiger partial charge in [0.05, 0.1) is 19.5 Å². The van der Waals surface area contributed by atoms with Crippen LogP contribution >= 0.6 is 22.3 Å². The van der Waals surface area contributed by atoms with E-state index in [2.05, 4.69) is 14.7 Å². The first-order valence-electron chi connectivity index (χ1n) is 4.41. The standard InChI is InChI=1S/C8H5Cl2N3O4S/c1-17-8(14)7-11-2-4-6(9)12-5(3-13(4)7)18(10,15)16/h2-3H,1H3. The van der Waals surface area contributed by atoms with Gasteiger partial charge in [0.15, 0.2) is 10.2 Å². The smallest absolute Gasteiger partial charge is 0.374 e. The summed E-state index contributed by atoms with van der Waals surface area (Å²) in [4.78, 5) is 18.8. The molecule has 96 valence electrons. The molecule has 2 aromatic rings. The quantitative estimate of drug-likeness (QED) is 0.609. The predicted octanol–water partition coefficient (Wildman–Crippen LogP) is 1.10. The molecule has 7 nitrogen and oxygen atoms in total. The summed E-state index contributed by atoms with van der Waals surface area (Å²) in [5.74, 6) is -0.867. The normalized spacial score (nSPS) is 11.7. The van der Waals surface area contributed by atoms with Gasteiger partial charge in [-0.1, -0.05) is 11.6 Å². The van der Waals surface area contributed by atoms with Crippen LogP contribution in [0.5, 0.6) is 0 Å². The summed E-state index contributed by atoms with van der Waals surface area (Å²) >= 11 is 5.78. The SMILES string of the molecule is COC(=O)c1ncc2c(Cl)nc(S(=O)(=O)Cl)cn12. The van der Waals surface area contributed by atoms with Crippen molar-refractivity contribution in [2.24, 2.45) is 0 Å². The van der Waals surface area contributed by atoms with E-state index in [9.17, 15) is 13.2 Å². The fraction of sp³-hybridized carbons (Fsp3) is 0.125. The van der Waals surface area contributed by atoms with Crippen molar-refractivity contribution in [3.05, 3.63) is 23.4 Å². The Hall–Kier alpha value is -1.38. The number of esters is 1. The first kappa shape index (κ1) is 13.1. The Bertz CT molecular complexity index is 740. The molecule has 0 aliphatic rings. The van der Waals surface area contributed by atoms with Crippen molar-refractivity contribution >= 4 is 42.8 Å². The molecule has 0 amide bonds. The number of fused-ring (bicyclic) bond motifs is 1. The highest BCUT2D eigenvalue weighted by atomic mass is 35.7. The third kappa shape index (κ3) is 2.14. The van der Waals surface area contributed by atoms with Crippen LogP contribution in [0.25, 0.3) is 5.52 Å². The second kappa shape index (κ2) is 4.38. The highest BCUT2D eigenvalue weighted by Gasteiger charge is 2.20. The maximum Gasteiger partial charge on any atom is 0.374 e. The van der Waals surface area contributed by atoms with E-state index in [0.29, 0.717) is 0 Å². The average molecular weight is 310 g/mol. The number of hydrogen-bond acceptors (Lipinski definition) is 6. The van der Waals surface area contributed by atoms with Crippen molar-refractivity contribution in [3.8, 4) is 0 Å². The first-order valence-corrected chi connectivity index (χ1v) is 7.10. The molecule has 0 bridgehead atoms. The van der Waals surface area contributed by atoms with Crippen molar-refractivity contribution in [3.63, 3.8) is 0 Å². The van der Waals surface area contributed by atoms with E-state index < -0.39 is 20.0 Å². The molecule has 2 heterocycles. The molecule has 0 saturated carbocycles. The van der Waals surface area contributed by atoms with Crippen LogP contribution in [-0.2, 0) is 13.8 Å². The van der Waals surface area contributed by atoms with E-state index in [0.717, 1.165) is 10.6 Å². The van der Waals surface area contributed by atoms with Crippen LogP contribution in [0.15, 0.2) is 17.4 Å². The van der Waals surface area contributed by atoms with Crippen LogP contribution < -0.4 is 0 Å². The molecular formula is C8H5Cl2N3O4S. The topological polar surface area (TPSA) is 90.6 Å². The van der Waals surface area contributed by atoms with Crippen molar-refractivity contribution in [1.29, 1.82) is 0 Å². The van der Waals surface area contributed by atoms with Gasteiger partial charge in [-0.2, -0.15) is 0 Å². The number of halogens is 2. The van der Waals surface area contributed by atoms with Gasteiger partial charge >= 0.3 is 5.97 Å². The molecule has 10 heteroatoms. The van der Waals surface area contributed by atoms with E-state index in [4.69, 9.17) is 22.3 Å². The van der Waals surface area contributed by atoms with E-state index in [1.807, 2.05) is 0 Å². The summed E-state index contributed by atoms with van der Waals surface area (Å²) in [7, 11) is 2.27. The van der Waals surface area contributed by atoms with Crippen molar-refractivity contribution in [1.82, 2.24) is 14.4 Å². The number of rotatable bonds is 2. The lowest BCUT2D eigenvalue weighted by atomic mass is 10.5. The summed E-state index contributed by atoms with van der Waals surface area (Å²) in [5.41, 5.74) is 0.265. The van der Waals surface area contributed by atoms with Gasteiger partial charge in [0.1, 0.15) is 5.52 Å². The van der Waals surface area contributed by atoms with Crippen molar-refractivity contribution in [2.45, 2.75) is 5.03 Å². The number of ether oxygens (including phenoxy) is 1. The van der Waals surface area contributed by atoms with Crippen LogP contribution in [0.1, 0.15) is 10.6 Å². The van der Waals surface area contributed by atoms with Gasteiger partial charge in [-0.3, -0.25) is 4.40 Å². The minimum Gasteiger partial charge on any atom is -0.463 e. The monoisotopic (exact) mass is 309 g/mol. The van der Waals surface area contributed by atoms with Gasteiger partial charge in [0, 0.05) is 10.7 Å². The lowest BCUT2D eigenvalue weighted by Crippen LogP contribution is -2.09. The van der Waals surface area contributed by atoms with Crippen molar-refractivity contribution in [2.75, 3.05) is 7.11 Å². The van der Waals surface area contributed by atoms with Gasteiger partial charge in [-0.05, 0) is 0 Å². The molecule has 0 unspecified atom stereocenters. The summed E-state index contributed by atoms with van der Waals surface area (Å²) in [6, 6.07) is 0. The zero-order chi connectivity index (χ0) is 13.5. The van der Waals surface area contributed by atoms with Gasteiger partial charge in [0.2, 0.25) is 5.82 Å². The molecule has 0 atom stereocenters. The molecule has 0 aliphatic heterocycles. The van der Waals surface area contributed by atoms with Gasteiger partial charge < -0.3 is 4.74 Å². The van der Waals surface area contributed by atoms with E-state index in [1.165, 1.54) is 13.3 Å². The highest BCUT2D eigenvalue weighted by Crippen LogP contribution is 2.21. The number of carbonyl (C=O) groups excluding carboxylic acids is 1. The Morgan fingerprint density at radius 2 is 2.17 bits per heavy atom. The van der Waals surface area contributed by atoms with Crippen LogP contribution in [0.2, 0.25) is 5.15 Å². The second-order valence-corrected chi connectivity index (χ2v) is 6.01.